The first-order chi connectivity index (χ1) is 10.1. The van der Waals surface area contributed by atoms with Crippen molar-refractivity contribution in [2.45, 2.75) is 43.6 Å². The summed E-state index contributed by atoms with van der Waals surface area (Å²) in [6.07, 6.45) is 6.20. The molecule has 2 rings (SSSR count). The molecule has 0 saturated heterocycles. The van der Waals surface area contributed by atoms with Gasteiger partial charge in [-0.25, -0.2) is 0 Å². The molecule has 0 spiro atoms. The molecule has 0 N–H and O–H groups in total. The van der Waals surface area contributed by atoms with Gasteiger partial charge in [0.15, 0.2) is 0 Å². The third kappa shape index (κ3) is 3.78. The van der Waals surface area contributed by atoms with Crippen LogP contribution in [-0.4, -0.2) is 45.4 Å². The first-order valence-corrected chi connectivity index (χ1v) is 7.95. The molecule has 0 aliphatic heterocycles. The summed E-state index contributed by atoms with van der Waals surface area (Å²) in [6, 6.07) is 8.51. The van der Waals surface area contributed by atoms with Crippen LogP contribution < -0.4 is 4.74 Å². The van der Waals surface area contributed by atoms with E-state index < -0.39 is 0 Å². The first-order valence-electron chi connectivity index (χ1n) is 7.95. The molecule has 1 aliphatic rings. The number of hydrogen-bond donors (Lipinski definition) is 0. The lowest BCUT2D eigenvalue weighted by atomic mass is 9.72. The molecule has 0 heterocycles. The van der Waals surface area contributed by atoms with E-state index in [9.17, 15) is 0 Å². The number of likely N-dealkylation sites (N-methyl/N-ethyl adjacent to an activating group) is 1. The van der Waals surface area contributed by atoms with Gasteiger partial charge in [-0.1, -0.05) is 31.4 Å². The van der Waals surface area contributed by atoms with Crippen LogP contribution in [0.5, 0.6) is 5.75 Å². The molecule has 1 fully saturated rings. The Hall–Kier alpha value is -1.06. The first kappa shape index (κ1) is 16.3. The van der Waals surface area contributed by atoms with Crippen LogP contribution in [0.3, 0.4) is 0 Å². The molecule has 0 aromatic heterocycles. The van der Waals surface area contributed by atoms with Crippen LogP contribution in [0.2, 0.25) is 0 Å². The van der Waals surface area contributed by atoms with Crippen LogP contribution in [0, 0.1) is 0 Å². The summed E-state index contributed by atoms with van der Waals surface area (Å²) < 4.78 is 11.4. The quantitative estimate of drug-likeness (QED) is 0.798. The summed E-state index contributed by atoms with van der Waals surface area (Å²) in [5.74, 6) is 1.32. The Bertz CT molecular complexity index is 421. The van der Waals surface area contributed by atoms with Gasteiger partial charge in [-0.3, -0.25) is 0 Å². The number of benzene rings is 1. The average Bonchev–Trinajstić information content (AvgIpc) is 2.53. The predicted molar refractivity (Wildman–Crippen MR) is 87.1 cm³/mol. The molecular formula is C18H29NO2. The van der Waals surface area contributed by atoms with Gasteiger partial charge in [0.2, 0.25) is 0 Å². The second kappa shape index (κ2) is 7.28. The zero-order chi connectivity index (χ0) is 15.3. The molecule has 21 heavy (non-hydrogen) atoms. The van der Waals surface area contributed by atoms with Crippen molar-refractivity contribution in [1.29, 1.82) is 0 Å². The molecule has 3 heteroatoms. The number of rotatable bonds is 6. The van der Waals surface area contributed by atoms with Crippen molar-refractivity contribution < 1.29 is 9.47 Å². The van der Waals surface area contributed by atoms with Gasteiger partial charge in [-0.2, -0.15) is 0 Å². The molecule has 1 aromatic rings. The van der Waals surface area contributed by atoms with Gasteiger partial charge in [0.25, 0.3) is 0 Å². The van der Waals surface area contributed by atoms with E-state index in [2.05, 4.69) is 43.3 Å². The Kier molecular flexibility index (Phi) is 5.65. The van der Waals surface area contributed by atoms with Crippen molar-refractivity contribution in [1.82, 2.24) is 4.90 Å². The van der Waals surface area contributed by atoms with Crippen LogP contribution in [0.15, 0.2) is 24.3 Å². The summed E-state index contributed by atoms with van der Waals surface area (Å²) in [7, 11) is 7.88. The minimum absolute atomic E-state index is 0.0168. The number of methoxy groups -OCH3 is 2. The fourth-order valence-corrected chi connectivity index (χ4v) is 3.62. The molecule has 1 saturated carbocycles. The fraction of sp³-hybridized carbons (Fsp3) is 0.667. The number of nitrogens with zero attached hydrogens (tertiary/aromatic N) is 1. The van der Waals surface area contributed by atoms with Crippen molar-refractivity contribution in [3.8, 4) is 5.75 Å². The highest BCUT2D eigenvalue weighted by molar-refractivity contribution is 5.31. The molecule has 1 atom stereocenters. The summed E-state index contributed by atoms with van der Waals surface area (Å²) in [6.45, 7) is 1.01. The summed E-state index contributed by atoms with van der Waals surface area (Å²) >= 11 is 0. The molecule has 118 valence electrons. The second-order valence-corrected chi connectivity index (χ2v) is 6.42. The minimum Gasteiger partial charge on any atom is -0.497 e. The molecule has 0 radical (unpaired) electrons. The highest BCUT2D eigenvalue weighted by atomic mass is 16.5. The largest absolute Gasteiger partial charge is 0.497 e. The van der Waals surface area contributed by atoms with Crippen molar-refractivity contribution in [2.75, 3.05) is 34.9 Å². The van der Waals surface area contributed by atoms with Gasteiger partial charge < -0.3 is 14.4 Å². The molecule has 1 unspecified atom stereocenters. The van der Waals surface area contributed by atoms with Gasteiger partial charge in [0.05, 0.1) is 12.7 Å². The maximum absolute atomic E-state index is 6.09. The van der Waals surface area contributed by atoms with E-state index in [-0.39, 0.29) is 5.60 Å². The lowest BCUT2D eigenvalue weighted by Gasteiger charge is -2.44. The zero-order valence-electron chi connectivity index (χ0n) is 13.9. The predicted octanol–water partition coefficient (Wildman–Crippen LogP) is 3.69. The van der Waals surface area contributed by atoms with Crippen LogP contribution in [0.25, 0.3) is 0 Å². The third-order valence-electron chi connectivity index (χ3n) is 4.81. The Labute approximate surface area is 129 Å². The molecule has 0 amide bonds. The van der Waals surface area contributed by atoms with Gasteiger partial charge >= 0.3 is 0 Å². The van der Waals surface area contributed by atoms with Crippen LogP contribution in [-0.2, 0) is 4.74 Å². The monoisotopic (exact) mass is 291 g/mol. The Morgan fingerprint density at radius 1 is 1.05 bits per heavy atom. The smallest absolute Gasteiger partial charge is 0.118 e. The zero-order valence-corrected chi connectivity index (χ0v) is 13.9. The molecular weight excluding hydrogens is 262 g/mol. The standard InChI is InChI=1S/C18H29NO2/c1-19(2)14-17(15-8-10-16(20-3)11-9-15)18(21-4)12-6-5-7-13-18/h8-11,17H,5-7,12-14H2,1-4H3. The van der Waals surface area contributed by atoms with Gasteiger partial charge in [0.1, 0.15) is 5.75 Å². The number of hydrogen-bond acceptors (Lipinski definition) is 3. The highest BCUT2D eigenvalue weighted by Crippen LogP contribution is 2.43. The van der Waals surface area contributed by atoms with E-state index in [4.69, 9.17) is 9.47 Å². The lowest BCUT2D eigenvalue weighted by Crippen LogP contribution is -2.44. The summed E-state index contributed by atoms with van der Waals surface area (Å²) in [4.78, 5) is 2.27. The fourth-order valence-electron chi connectivity index (χ4n) is 3.62. The van der Waals surface area contributed by atoms with E-state index in [1.165, 1.54) is 24.8 Å². The SMILES string of the molecule is COc1ccc(C(CN(C)C)C2(OC)CCCCC2)cc1. The Morgan fingerprint density at radius 2 is 1.67 bits per heavy atom. The Morgan fingerprint density at radius 3 is 2.14 bits per heavy atom. The van der Waals surface area contributed by atoms with E-state index in [1.54, 1.807) is 7.11 Å². The third-order valence-corrected chi connectivity index (χ3v) is 4.81. The van der Waals surface area contributed by atoms with Gasteiger partial charge in [-0.05, 0) is 44.6 Å². The second-order valence-electron chi connectivity index (χ2n) is 6.42. The Balaban J connectivity index is 2.31. The number of ether oxygens (including phenoxy) is 2. The summed E-state index contributed by atoms with van der Waals surface area (Å²) in [5, 5.41) is 0. The average molecular weight is 291 g/mol. The van der Waals surface area contributed by atoms with Gasteiger partial charge in [-0.15, -0.1) is 0 Å². The highest BCUT2D eigenvalue weighted by Gasteiger charge is 2.40. The molecule has 0 bridgehead atoms. The van der Waals surface area contributed by atoms with Crippen molar-refractivity contribution in [3.05, 3.63) is 29.8 Å². The van der Waals surface area contributed by atoms with Crippen LogP contribution in [0.1, 0.15) is 43.6 Å². The van der Waals surface area contributed by atoms with E-state index in [0.717, 1.165) is 25.1 Å². The normalized spacial score (nSPS) is 19.5. The van der Waals surface area contributed by atoms with Crippen molar-refractivity contribution in [3.63, 3.8) is 0 Å². The van der Waals surface area contributed by atoms with Gasteiger partial charge in [0, 0.05) is 19.6 Å². The van der Waals surface area contributed by atoms with Crippen molar-refractivity contribution in [2.24, 2.45) is 0 Å². The van der Waals surface area contributed by atoms with Crippen LogP contribution in [0.4, 0.5) is 0 Å². The maximum atomic E-state index is 6.09. The molecule has 3 nitrogen and oxygen atoms in total. The van der Waals surface area contributed by atoms with E-state index >= 15 is 0 Å². The lowest BCUT2D eigenvalue weighted by molar-refractivity contribution is -0.0651. The summed E-state index contributed by atoms with van der Waals surface area (Å²) in [5.41, 5.74) is 1.34. The molecule has 1 aliphatic carbocycles. The van der Waals surface area contributed by atoms with E-state index in [1.807, 2.05) is 7.11 Å². The van der Waals surface area contributed by atoms with Crippen molar-refractivity contribution >= 4 is 0 Å². The minimum atomic E-state index is -0.0168. The topological polar surface area (TPSA) is 21.7 Å². The molecule has 1 aromatic carbocycles. The van der Waals surface area contributed by atoms with Crippen LogP contribution >= 0.6 is 0 Å². The van der Waals surface area contributed by atoms with E-state index in [0.29, 0.717) is 5.92 Å². The maximum Gasteiger partial charge on any atom is 0.118 e.